The minimum Gasteiger partial charge on any atom is -0.477 e. The van der Waals surface area contributed by atoms with Gasteiger partial charge in [0.2, 0.25) is 21.8 Å². The standard InChI is InChI=1S/C21H33N5O6S2/c1-10-16-15(11(2)24-34(3,31)32)20(28)26(16)17(21(29)30)18(10)33-13-7-14(23-8-13)19(27)25-6-4-5-12(22)9-25/h10-16,23-24H,4-9,22H2,1-3H3,(H,29,30)/t10-,11-,12+,13+,14+,15-,16-/m1/s1. The van der Waals surface area contributed by atoms with Crippen molar-refractivity contribution in [3.63, 3.8) is 0 Å². The lowest BCUT2D eigenvalue weighted by Gasteiger charge is -2.47. The summed E-state index contributed by atoms with van der Waals surface area (Å²) in [5.74, 6) is -2.40. The molecule has 13 heteroatoms. The lowest BCUT2D eigenvalue weighted by atomic mass is 9.78. The molecule has 4 heterocycles. The zero-order valence-electron chi connectivity index (χ0n) is 19.6. The number of amides is 2. The number of nitrogens with one attached hydrogen (secondary N) is 2. The van der Waals surface area contributed by atoms with Crippen LogP contribution >= 0.6 is 11.8 Å². The Labute approximate surface area is 203 Å². The Balaban J connectivity index is 1.45. The summed E-state index contributed by atoms with van der Waals surface area (Å²) in [6.45, 7) is 5.32. The van der Waals surface area contributed by atoms with Crippen molar-refractivity contribution in [2.75, 3.05) is 25.9 Å². The van der Waals surface area contributed by atoms with Crippen LogP contribution in [0.3, 0.4) is 0 Å². The molecule has 4 aliphatic rings. The van der Waals surface area contributed by atoms with Crippen LogP contribution in [0.15, 0.2) is 10.6 Å². The second kappa shape index (κ2) is 9.41. The molecule has 0 unspecified atom stereocenters. The Hall–Kier alpha value is -1.67. The molecular weight excluding hydrogens is 482 g/mol. The van der Waals surface area contributed by atoms with Gasteiger partial charge in [0.1, 0.15) is 5.70 Å². The molecule has 4 rings (SSSR count). The first-order valence-corrected chi connectivity index (χ1v) is 14.4. The summed E-state index contributed by atoms with van der Waals surface area (Å²) in [4.78, 5) is 41.7. The van der Waals surface area contributed by atoms with Gasteiger partial charge >= 0.3 is 5.97 Å². The maximum Gasteiger partial charge on any atom is 0.353 e. The van der Waals surface area contributed by atoms with E-state index in [4.69, 9.17) is 5.73 Å². The summed E-state index contributed by atoms with van der Waals surface area (Å²) < 4.78 is 25.8. The first-order chi connectivity index (χ1) is 15.9. The zero-order valence-corrected chi connectivity index (χ0v) is 21.2. The van der Waals surface area contributed by atoms with Gasteiger partial charge in [-0.15, -0.1) is 11.8 Å². The summed E-state index contributed by atoms with van der Waals surface area (Å²) in [5.41, 5.74) is 5.99. The molecule has 34 heavy (non-hydrogen) atoms. The first-order valence-electron chi connectivity index (χ1n) is 11.6. The van der Waals surface area contributed by atoms with Crippen LogP contribution in [0.2, 0.25) is 0 Å². The van der Waals surface area contributed by atoms with Crippen molar-refractivity contribution in [2.45, 2.75) is 62.5 Å². The smallest absolute Gasteiger partial charge is 0.353 e. The summed E-state index contributed by atoms with van der Waals surface area (Å²) in [7, 11) is -3.51. The summed E-state index contributed by atoms with van der Waals surface area (Å²) in [6, 6.07) is -1.39. The van der Waals surface area contributed by atoms with Gasteiger partial charge in [-0.3, -0.25) is 9.59 Å². The number of likely N-dealkylation sites (tertiary alicyclic amines) is 1. The third kappa shape index (κ3) is 4.72. The van der Waals surface area contributed by atoms with Crippen LogP contribution in [0.1, 0.15) is 33.1 Å². The Bertz CT molecular complexity index is 1020. The molecule has 7 atom stereocenters. The topological polar surface area (TPSA) is 162 Å². The molecule has 0 spiro atoms. The number of aliphatic carboxylic acids is 1. The Morgan fingerprint density at radius 1 is 1.35 bits per heavy atom. The van der Waals surface area contributed by atoms with Gasteiger partial charge in [0.15, 0.2) is 0 Å². The van der Waals surface area contributed by atoms with E-state index in [1.807, 2.05) is 11.8 Å². The molecule has 0 aromatic heterocycles. The Kier molecular flexibility index (Phi) is 7.04. The maximum atomic E-state index is 12.9. The Morgan fingerprint density at radius 3 is 2.68 bits per heavy atom. The van der Waals surface area contributed by atoms with Gasteiger partial charge in [-0.1, -0.05) is 6.92 Å². The molecule has 0 aromatic rings. The number of carbonyl (C=O) groups is 3. The van der Waals surface area contributed by atoms with E-state index >= 15 is 0 Å². The van der Waals surface area contributed by atoms with Gasteiger partial charge in [0.05, 0.1) is 24.3 Å². The fourth-order valence-electron chi connectivity index (χ4n) is 5.70. The van der Waals surface area contributed by atoms with Crippen LogP contribution < -0.4 is 15.8 Å². The van der Waals surface area contributed by atoms with E-state index in [9.17, 15) is 27.9 Å². The number of piperidine rings is 1. The summed E-state index contributed by atoms with van der Waals surface area (Å²) >= 11 is 1.41. The van der Waals surface area contributed by atoms with Gasteiger partial charge in [-0.05, 0) is 26.2 Å². The van der Waals surface area contributed by atoms with Crippen molar-refractivity contribution in [1.29, 1.82) is 0 Å². The van der Waals surface area contributed by atoms with Crippen molar-refractivity contribution in [3.8, 4) is 0 Å². The first kappa shape index (κ1) is 25.4. The van der Waals surface area contributed by atoms with Crippen molar-refractivity contribution in [3.05, 3.63) is 10.6 Å². The highest BCUT2D eigenvalue weighted by atomic mass is 32.2. The molecule has 3 fully saturated rings. The van der Waals surface area contributed by atoms with E-state index in [-0.39, 0.29) is 40.8 Å². The number of rotatable bonds is 7. The average Bonchev–Trinajstić information content (AvgIpc) is 3.28. The highest BCUT2D eigenvalue weighted by Crippen LogP contribution is 2.51. The number of hydrogen-bond donors (Lipinski definition) is 4. The van der Waals surface area contributed by atoms with Crippen LogP contribution in [0.5, 0.6) is 0 Å². The molecule has 5 N–H and O–H groups in total. The number of nitrogens with two attached hydrogens (primary N) is 1. The third-order valence-corrected chi connectivity index (χ3v) is 9.49. The number of carboxylic acids is 1. The SMILES string of the molecule is C[C@@H](NS(C)(=O)=O)[C@H]1C(=O)N2C(C(=O)O)=C(S[C@@H]3CN[C@H](C(=O)N4CCC[C@H](N)C4)C3)[C@H](C)[C@H]12. The number of sulfonamides is 1. The number of carboxylic acid groups (broad SMARTS) is 1. The zero-order chi connectivity index (χ0) is 24.9. The predicted molar refractivity (Wildman–Crippen MR) is 127 cm³/mol. The molecule has 0 radical (unpaired) electrons. The molecule has 4 aliphatic heterocycles. The van der Waals surface area contributed by atoms with E-state index in [0.29, 0.717) is 31.0 Å². The molecule has 3 saturated heterocycles. The fourth-order valence-corrected chi connectivity index (χ4v) is 8.00. The lowest BCUT2D eigenvalue weighted by molar-refractivity contribution is -0.157. The van der Waals surface area contributed by atoms with Crippen LogP contribution in [0.25, 0.3) is 0 Å². The Morgan fingerprint density at radius 2 is 2.06 bits per heavy atom. The van der Waals surface area contributed by atoms with E-state index in [0.717, 1.165) is 19.1 Å². The van der Waals surface area contributed by atoms with E-state index in [2.05, 4.69) is 10.0 Å². The van der Waals surface area contributed by atoms with Crippen molar-refractivity contribution in [1.82, 2.24) is 19.8 Å². The highest BCUT2D eigenvalue weighted by Gasteiger charge is 2.60. The number of nitrogens with zero attached hydrogens (tertiary/aromatic N) is 2. The van der Waals surface area contributed by atoms with Gasteiger partial charge in [-0.2, -0.15) is 0 Å². The molecule has 2 amide bonds. The monoisotopic (exact) mass is 515 g/mol. The predicted octanol–water partition coefficient (Wildman–Crippen LogP) is -0.890. The third-order valence-electron chi connectivity index (χ3n) is 7.18. The molecule has 0 aliphatic carbocycles. The average molecular weight is 516 g/mol. The summed E-state index contributed by atoms with van der Waals surface area (Å²) in [6.07, 6.45) is 3.41. The van der Waals surface area contributed by atoms with E-state index in [1.165, 1.54) is 16.7 Å². The van der Waals surface area contributed by atoms with Crippen molar-refractivity contribution < 1.29 is 27.9 Å². The molecule has 0 bridgehead atoms. The van der Waals surface area contributed by atoms with Gasteiger partial charge < -0.3 is 26.0 Å². The van der Waals surface area contributed by atoms with Crippen LogP contribution in [0, 0.1) is 11.8 Å². The molecule has 11 nitrogen and oxygen atoms in total. The molecule has 0 aromatic carbocycles. The minimum absolute atomic E-state index is 0.00137. The van der Waals surface area contributed by atoms with Crippen LogP contribution in [0.4, 0.5) is 0 Å². The minimum atomic E-state index is -3.51. The normalized spacial score (nSPS) is 34.8. The van der Waals surface area contributed by atoms with E-state index < -0.39 is 34.0 Å². The van der Waals surface area contributed by atoms with Gasteiger partial charge in [0.25, 0.3) is 0 Å². The van der Waals surface area contributed by atoms with Gasteiger partial charge in [0, 0.05) is 47.8 Å². The summed E-state index contributed by atoms with van der Waals surface area (Å²) in [5, 5.41) is 13.2. The number of thioether (sulfide) groups is 1. The molecule has 190 valence electrons. The van der Waals surface area contributed by atoms with Crippen molar-refractivity contribution in [2.24, 2.45) is 17.6 Å². The fraction of sp³-hybridized carbons (Fsp3) is 0.762. The number of hydrogen-bond acceptors (Lipinski definition) is 8. The van der Waals surface area contributed by atoms with Crippen LogP contribution in [-0.4, -0.2) is 96.4 Å². The molecule has 0 saturated carbocycles. The van der Waals surface area contributed by atoms with Crippen molar-refractivity contribution >= 4 is 39.6 Å². The largest absolute Gasteiger partial charge is 0.477 e. The van der Waals surface area contributed by atoms with Crippen LogP contribution in [-0.2, 0) is 24.4 Å². The highest BCUT2D eigenvalue weighted by molar-refractivity contribution is 8.03. The van der Waals surface area contributed by atoms with Gasteiger partial charge in [-0.25, -0.2) is 17.9 Å². The van der Waals surface area contributed by atoms with E-state index in [1.54, 1.807) is 6.92 Å². The lowest BCUT2D eigenvalue weighted by Crippen LogP contribution is -2.66. The number of fused-ring (bicyclic) bond motifs is 1. The number of carbonyl (C=O) groups excluding carboxylic acids is 2. The quantitative estimate of drug-likeness (QED) is 0.315. The second-order valence-electron chi connectivity index (χ2n) is 9.83. The maximum absolute atomic E-state index is 12.9. The molecular formula is C21H33N5O6S2. The second-order valence-corrected chi connectivity index (χ2v) is 13.0. The number of β-lactam (4-membered cyclic amide) rings is 1.